The van der Waals surface area contributed by atoms with Crippen molar-refractivity contribution < 1.29 is 27.1 Å². The van der Waals surface area contributed by atoms with Crippen LogP contribution in [-0.4, -0.2) is 56.9 Å². The topological polar surface area (TPSA) is 89.3 Å². The summed E-state index contributed by atoms with van der Waals surface area (Å²) in [6, 6.07) is 15.8. The van der Waals surface area contributed by atoms with Crippen molar-refractivity contribution in [2.45, 2.75) is 70.4 Å². The van der Waals surface area contributed by atoms with Gasteiger partial charge in [0.1, 0.15) is 5.76 Å². The van der Waals surface area contributed by atoms with Crippen molar-refractivity contribution in [3.05, 3.63) is 77.7 Å². The maximum atomic E-state index is 13.8. The molecule has 0 N–H and O–H groups in total. The third-order valence-electron chi connectivity index (χ3n) is 7.10. The van der Waals surface area contributed by atoms with E-state index in [9.17, 15) is 13.2 Å². The van der Waals surface area contributed by atoms with Crippen LogP contribution in [-0.2, 0) is 33.2 Å². The van der Waals surface area contributed by atoms with Gasteiger partial charge in [-0.05, 0) is 72.7 Å². The predicted molar refractivity (Wildman–Crippen MR) is 156 cm³/mol. The van der Waals surface area contributed by atoms with Crippen LogP contribution in [0.4, 0.5) is 0 Å². The minimum absolute atomic E-state index is 0.102. The molecule has 8 nitrogen and oxygen atoms in total. The summed E-state index contributed by atoms with van der Waals surface area (Å²) in [6.07, 6.45) is 2.66. The van der Waals surface area contributed by atoms with E-state index in [1.165, 1.54) is 4.31 Å². The fraction of sp³-hybridized carbons (Fsp3) is 0.452. The molecule has 0 bridgehead atoms. The van der Waals surface area contributed by atoms with Crippen molar-refractivity contribution >= 4 is 15.9 Å². The second kappa shape index (κ2) is 13.4. The van der Waals surface area contributed by atoms with E-state index >= 15 is 0 Å². The molecule has 1 heterocycles. The molecule has 2 aromatic carbocycles. The molecule has 0 radical (unpaired) electrons. The molecule has 0 spiro atoms. The van der Waals surface area contributed by atoms with Gasteiger partial charge in [0.15, 0.2) is 11.5 Å². The van der Waals surface area contributed by atoms with Crippen molar-refractivity contribution in [1.82, 2.24) is 9.21 Å². The molecular weight excluding hydrogens is 528 g/mol. The Labute approximate surface area is 238 Å². The van der Waals surface area contributed by atoms with E-state index in [-0.39, 0.29) is 35.3 Å². The summed E-state index contributed by atoms with van der Waals surface area (Å²) in [6.45, 7) is 10.3. The van der Waals surface area contributed by atoms with Gasteiger partial charge in [-0.3, -0.25) is 4.79 Å². The van der Waals surface area contributed by atoms with E-state index in [0.29, 0.717) is 36.6 Å². The van der Waals surface area contributed by atoms with Crippen LogP contribution >= 0.6 is 0 Å². The quantitative estimate of drug-likeness (QED) is 0.264. The number of hydrogen-bond acceptors (Lipinski definition) is 6. The zero-order valence-corrected chi connectivity index (χ0v) is 25.5. The van der Waals surface area contributed by atoms with Gasteiger partial charge < -0.3 is 18.8 Å². The SMILES string of the molecule is CC[C@H](C)N(CC(=O)N(CCc1ccc(OC)c(OC)c1)Cc1ccco1)S(=O)(=O)c1ccc(C(C)(C)C)cc1. The molecule has 218 valence electrons. The van der Waals surface area contributed by atoms with Gasteiger partial charge in [0.05, 0.1) is 38.5 Å². The lowest BCUT2D eigenvalue weighted by molar-refractivity contribution is -0.132. The number of hydrogen-bond donors (Lipinski definition) is 0. The van der Waals surface area contributed by atoms with Gasteiger partial charge in [-0.25, -0.2) is 8.42 Å². The zero-order valence-electron chi connectivity index (χ0n) is 24.6. The van der Waals surface area contributed by atoms with E-state index < -0.39 is 10.0 Å². The minimum atomic E-state index is -3.92. The van der Waals surface area contributed by atoms with Crippen LogP contribution < -0.4 is 9.47 Å². The molecule has 1 amide bonds. The number of benzene rings is 2. The third kappa shape index (κ3) is 7.67. The van der Waals surface area contributed by atoms with Gasteiger partial charge >= 0.3 is 0 Å². The van der Waals surface area contributed by atoms with Crippen LogP contribution in [0.15, 0.2) is 70.2 Å². The Morgan fingerprint density at radius 2 is 1.68 bits per heavy atom. The molecule has 3 rings (SSSR count). The molecule has 0 saturated carbocycles. The van der Waals surface area contributed by atoms with Gasteiger partial charge in [-0.15, -0.1) is 0 Å². The molecule has 0 aliphatic rings. The molecule has 0 fully saturated rings. The van der Waals surface area contributed by atoms with Gasteiger partial charge in [0.25, 0.3) is 0 Å². The second-order valence-electron chi connectivity index (χ2n) is 10.9. The highest BCUT2D eigenvalue weighted by molar-refractivity contribution is 7.89. The van der Waals surface area contributed by atoms with Crippen molar-refractivity contribution in [3.8, 4) is 11.5 Å². The number of carbonyl (C=O) groups excluding carboxylic acids is 1. The lowest BCUT2D eigenvalue weighted by atomic mass is 9.87. The number of furan rings is 1. The summed E-state index contributed by atoms with van der Waals surface area (Å²) in [5.41, 5.74) is 1.90. The fourth-order valence-corrected chi connectivity index (χ4v) is 6.01. The van der Waals surface area contributed by atoms with E-state index in [0.717, 1.165) is 11.1 Å². The first-order valence-corrected chi connectivity index (χ1v) is 15.0. The Hall–Kier alpha value is -3.30. The molecule has 0 saturated heterocycles. The number of ether oxygens (including phenoxy) is 2. The van der Waals surface area contributed by atoms with Crippen LogP contribution in [0.2, 0.25) is 0 Å². The number of carbonyl (C=O) groups is 1. The Bertz CT molecular complexity index is 1350. The van der Waals surface area contributed by atoms with Crippen LogP contribution in [0, 0.1) is 0 Å². The number of sulfonamides is 1. The van der Waals surface area contributed by atoms with Crippen LogP contribution in [0.25, 0.3) is 0 Å². The Kier molecular flexibility index (Phi) is 10.4. The zero-order chi connectivity index (χ0) is 29.5. The lowest BCUT2D eigenvalue weighted by Gasteiger charge is -2.30. The van der Waals surface area contributed by atoms with Gasteiger partial charge in [0.2, 0.25) is 15.9 Å². The first-order valence-electron chi connectivity index (χ1n) is 13.5. The summed E-state index contributed by atoms with van der Waals surface area (Å²) in [5.74, 6) is 1.55. The summed E-state index contributed by atoms with van der Waals surface area (Å²) < 4.78 is 45.2. The lowest BCUT2D eigenvalue weighted by Crippen LogP contribution is -2.46. The second-order valence-corrected chi connectivity index (χ2v) is 12.8. The normalized spacial score (nSPS) is 12.8. The van der Waals surface area contributed by atoms with Crippen LogP contribution in [0.5, 0.6) is 11.5 Å². The highest BCUT2D eigenvalue weighted by Gasteiger charge is 2.32. The molecule has 40 heavy (non-hydrogen) atoms. The molecular formula is C31H42N2O6S. The first-order chi connectivity index (χ1) is 18.9. The van der Waals surface area contributed by atoms with Gasteiger partial charge in [-0.2, -0.15) is 4.31 Å². The average Bonchev–Trinajstić information content (AvgIpc) is 3.46. The molecule has 0 aliphatic carbocycles. The highest BCUT2D eigenvalue weighted by atomic mass is 32.2. The average molecular weight is 571 g/mol. The summed E-state index contributed by atoms with van der Waals surface area (Å²) in [4.78, 5) is 15.6. The highest BCUT2D eigenvalue weighted by Crippen LogP contribution is 2.28. The molecule has 3 aromatic rings. The monoisotopic (exact) mass is 570 g/mol. The molecule has 1 aromatic heterocycles. The van der Waals surface area contributed by atoms with E-state index in [2.05, 4.69) is 20.8 Å². The number of amides is 1. The third-order valence-corrected chi connectivity index (χ3v) is 9.07. The molecule has 0 unspecified atom stereocenters. The number of nitrogens with zero attached hydrogens (tertiary/aromatic N) is 2. The minimum Gasteiger partial charge on any atom is -0.493 e. The Morgan fingerprint density at radius 3 is 2.23 bits per heavy atom. The summed E-state index contributed by atoms with van der Waals surface area (Å²) in [5, 5.41) is 0. The van der Waals surface area contributed by atoms with Gasteiger partial charge in [-0.1, -0.05) is 45.9 Å². The number of rotatable bonds is 13. The smallest absolute Gasteiger partial charge is 0.243 e. The predicted octanol–water partition coefficient (Wildman–Crippen LogP) is 5.66. The maximum absolute atomic E-state index is 13.8. The first kappa shape index (κ1) is 31.2. The molecule has 1 atom stereocenters. The standard InChI is InChI=1S/C31H42N2O6S/c1-8-23(2)33(40(35,36)27-14-12-25(13-15-27)31(3,4)5)22-30(34)32(21-26-10-9-19-39-26)18-17-24-11-16-28(37-6)29(20-24)38-7/h9-16,19-20,23H,8,17-18,21-22H2,1-7H3/t23-/m0/s1. The maximum Gasteiger partial charge on any atom is 0.243 e. The van der Waals surface area contributed by atoms with Gasteiger partial charge in [0, 0.05) is 12.6 Å². The number of methoxy groups -OCH3 is 2. The van der Waals surface area contributed by atoms with E-state index in [1.54, 1.807) is 49.6 Å². The summed E-state index contributed by atoms with van der Waals surface area (Å²) in [7, 11) is -0.758. The van der Waals surface area contributed by atoms with Crippen LogP contribution in [0.3, 0.4) is 0 Å². The molecule has 9 heteroatoms. The van der Waals surface area contributed by atoms with Crippen LogP contribution in [0.1, 0.15) is 57.9 Å². The van der Waals surface area contributed by atoms with Crippen molar-refractivity contribution in [2.24, 2.45) is 0 Å². The van der Waals surface area contributed by atoms with E-state index in [4.69, 9.17) is 13.9 Å². The largest absolute Gasteiger partial charge is 0.493 e. The van der Waals surface area contributed by atoms with Crippen molar-refractivity contribution in [1.29, 1.82) is 0 Å². The Morgan fingerprint density at radius 1 is 1.00 bits per heavy atom. The molecule has 0 aliphatic heterocycles. The summed E-state index contributed by atoms with van der Waals surface area (Å²) >= 11 is 0. The van der Waals surface area contributed by atoms with Crippen molar-refractivity contribution in [3.63, 3.8) is 0 Å². The van der Waals surface area contributed by atoms with E-state index in [1.807, 2.05) is 44.2 Å². The Balaban J connectivity index is 1.86. The van der Waals surface area contributed by atoms with Crippen molar-refractivity contribution in [2.75, 3.05) is 27.3 Å². The fourth-order valence-electron chi connectivity index (χ4n) is 4.36.